The van der Waals surface area contributed by atoms with E-state index in [0.29, 0.717) is 29.7 Å². The highest BCUT2D eigenvalue weighted by Crippen LogP contribution is 2.20. The third-order valence-electron chi connectivity index (χ3n) is 3.74. The molecule has 1 amide bonds. The zero-order valence-electron chi connectivity index (χ0n) is 14.1. The zero-order valence-corrected chi connectivity index (χ0v) is 14.1. The van der Waals surface area contributed by atoms with Crippen LogP contribution in [0.5, 0.6) is 0 Å². The van der Waals surface area contributed by atoms with Crippen LogP contribution in [0.3, 0.4) is 0 Å². The lowest BCUT2D eigenvalue weighted by Crippen LogP contribution is -2.32. The molecule has 6 N–H and O–H groups in total. The Balaban J connectivity index is 1.81. The van der Waals surface area contributed by atoms with E-state index in [2.05, 4.69) is 5.32 Å². The molecule has 9 heteroatoms. The minimum atomic E-state index is -1.08. The number of carbonyl (C=O) groups is 2. The van der Waals surface area contributed by atoms with Crippen LogP contribution < -0.4 is 22.4 Å². The molecule has 0 fully saturated rings. The molecule has 0 aliphatic rings. The standard InChI is InChI=1S/C17H21N3O6/c18-11-3-4-12-10(8-15(21)26-14(12)9-11)5-7-25-17(24)20-6-1-2-13(19)16(22)23/h3-4,8-9,13H,1-2,5-7,18-19H2,(H,20,24)(H,22,23)/t13-/m0/s1. The molecule has 1 atom stereocenters. The van der Waals surface area contributed by atoms with E-state index in [1.807, 2.05) is 0 Å². The SMILES string of the molecule is Nc1ccc2c(CCOC(=O)NCCC[C@H](N)C(=O)O)cc(=O)oc2c1. The molecule has 2 rings (SSSR count). The maximum absolute atomic E-state index is 11.6. The molecule has 0 saturated heterocycles. The molecule has 26 heavy (non-hydrogen) atoms. The van der Waals surface area contributed by atoms with Crippen molar-refractivity contribution in [2.45, 2.75) is 25.3 Å². The van der Waals surface area contributed by atoms with E-state index in [1.54, 1.807) is 18.2 Å². The predicted molar refractivity (Wildman–Crippen MR) is 94.8 cm³/mol. The van der Waals surface area contributed by atoms with Crippen molar-refractivity contribution in [1.29, 1.82) is 0 Å². The Morgan fingerprint density at radius 3 is 2.81 bits per heavy atom. The minimum absolute atomic E-state index is 0.0728. The predicted octanol–water partition coefficient (Wildman–Crippen LogP) is 0.836. The van der Waals surface area contributed by atoms with E-state index < -0.39 is 23.7 Å². The number of alkyl carbamates (subject to hydrolysis) is 1. The number of hydrogen-bond donors (Lipinski definition) is 4. The summed E-state index contributed by atoms with van der Waals surface area (Å²) in [6, 6.07) is 5.42. The average molecular weight is 363 g/mol. The summed E-state index contributed by atoms with van der Waals surface area (Å²) in [5, 5.41) is 11.9. The summed E-state index contributed by atoms with van der Waals surface area (Å²) in [4.78, 5) is 33.8. The van der Waals surface area contributed by atoms with Crippen LogP contribution in [0.2, 0.25) is 0 Å². The molecule has 0 radical (unpaired) electrons. The molecule has 0 aliphatic carbocycles. The molecule has 0 saturated carbocycles. The van der Waals surface area contributed by atoms with Crippen LogP contribution in [0.1, 0.15) is 18.4 Å². The molecule has 0 bridgehead atoms. The molecular weight excluding hydrogens is 342 g/mol. The second-order valence-electron chi connectivity index (χ2n) is 5.75. The highest BCUT2D eigenvalue weighted by atomic mass is 16.5. The highest BCUT2D eigenvalue weighted by molar-refractivity contribution is 5.83. The number of nitrogen functional groups attached to an aromatic ring is 1. The topological polar surface area (TPSA) is 158 Å². The van der Waals surface area contributed by atoms with Gasteiger partial charge in [-0.15, -0.1) is 0 Å². The van der Waals surface area contributed by atoms with Gasteiger partial charge < -0.3 is 31.0 Å². The fourth-order valence-corrected chi connectivity index (χ4v) is 2.39. The van der Waals surface area contributed by atoms with Gasteiger partial charge >= 0.3 is 17.7 Å². The second kappa shape index (κ2) is 8.86. The molecule has 0 unspecified atom stereocenters. The minimum Gasteiger partial charge on any atom is -0.480 e. The van der Waals surface area contributed by atoms with E-state index in [1.165, 1.54) is 6.07 Å². The van der Waals surface area contributed by atoms with Crippen molar-refractivity contribution in [2.75, 3.05) is 18.9 Å². The third-order valence-corrected chi connectivity index (χ3v) is 3.74. The number of anilines is 1. The van der Waals surface area contributed by atoms with Crippen LogP contribution in [0.25, 0.3) is 11.0 Å². The Kier molecular flexibility index (Phi) is 6.56. The van der Waals surface area contributed by atoms with Crippen molar-refractivity contribution in [3.63, 3.8) is 0 Å². The number of carboxylic acid groups (broad SMARTS) is 1. The van der Waals surface area contributed by atoms with Crippen molar-refractivity contribution in [2.24, 2.45) is 5.73 Å². The van der Waals surface area contributed by atoms with E-state index in [-0.39, 0.29) is 19.6 Å². The molecule has 9 nitrogen and oxygen atoms in total. The Labute approximate surface area is 148 Å². The quantitative estimate of drug-likeness (QED) is 0.305. The number of nitrogens with two attached hydrogens (primary N) is 2. The Morgan fingerprint density at radius 2 is 2.08 bits per heavy atom. The van der Waals surface area contributed by atoms with Gasteiger partial charge in [-0.3, -0.25) is 4.79 Å². The van der Waals surface area contributed by atoms with Crippen LogP contribution in [0.15, 0.2) is 33.5 Å². The first kappa shape index (κ1) is 19.3. The molecule has 0 aliphatic heterocycles. The summed E-state index contributed by atoms with van der Waals surface area (Å²) in [7, 11) is 0. The van der Waals surface area contributed by atoms with Gasteiger partial charge in [0.1, 0.15) is 11.6 Å². The van der Waals surface area contributed by atoms with Crippen LogP contribution >= 0.6 is 0 Å². The van der Waals surface area contributed by atoms with Gasteiger partial charge in [-0.2, -0.15) is 0 Å². The van der Waals surface area contributed by atoms with E-state index in [4.69, 9.17) is 25.7 Å². The number of benzene rings is 1. The third kappa shape index (κ3) is 5.49. The summed E-state index contributed by atoms with van der Waals surface area (Å²) < 4.78 is 10.2. The summed E-state index contributed by atoms with van der Waals surface area (Å²) in [5.41, 5.74) is 12.1. The van der Waals surface area contributed by atoms with E-state index in [0.717, 1.165) is 5.39 Å². The van der Waals surface area contributed by atoms with Gasteiger partial charge in [0.25, 0.3) is 0 Å². The van der Waals surface area contributed by atoms with Gasteiger partial charge in [-0.05, 0) is 30.5 Å². The van der Waals surface area contributed by atoms with Crippen molar-refractivity contribution >= 4 is 28.7 Å². The van der Waals surface area contributed by atoms with Gasteiger partial charge in [0, 0.05) is 36.2 Å². The van der Waals surface area contributed by atoms with E-state index in [9.17, 15) is 14.4 Å². The maximum atomic E-state index is 11.6. The number of carboxylic acids is 1. The monoisotopic (exact) mass is 363 g/mol. The number of amides is 1. The van der Waals surface area contributed by atoms with Crippen LogP contribution in [0.4, 0.5) is 10.5 Å². The number of carbonyl (C=O) groups excluding carboxylic acids is 1. The Hall–Kier alpha value is -3.07. The molecule has 1 aromatic heterocycles. The van der Waals surface area contributed by atoms with Crippen LogP contribution in [0, 0.1) is 0 Å². The Morgan fingerprint density at radius 1 is 1.31 bits per heavy atom. The number of aliphatic carboxylic acids is 1. The highest BCUT2D eigenvalue weighted by Gasteiger charge is 2.11. The normalized spacial score (nSPS) is 11.9. The first-order chi connectivity index (χ1) is 12.4. The summed E-state index contributed by atoms with van der Waals surface area (Å²) in [5.74, 6) is -1.08. The lowest BCUT2D eigenvalue weighted by molar-refractivity contribution is -0.138. The van der Waals surface area contributed by atoms with Crippen molar-refractivity contribution < 1.29 is 23.8 Å². The first-order valence-corrected chi connectivity index (χ1v) is 8.08. The summed E-state index contributed by atoms with van der Waals surface area (Å²) in [6.45, 7) is 0.334. The van der Waals surface area contributed by atoms with E-state index >= 15 is 0 Å². The molecule has 1 heterocycles. The fraction of sp³-hybridized carbons (Fsp3) is 0.353. The smallest absolute Gasteiger partial charge is 0.407 e. The molecule has 140 valence electrons. The first-order valence-electron chi connectivity index (χ1n) is 8.08. The largest absolute Gasteiger partial charge is 0.480 e. The van der Waals surface area contributed by atoms with Crippen molar-refractivity contribution in [3.8, 4) is 0 Å². The number of nitrogens with one attached hydrogen (secondary N) is 1. The molecule has 1 aromatic carbocycles. The molecular formula is C17H21N3O6. The second-order valence-corrected chi connectivity index (χ2v) is 5.75. The van der Waals surface area contributed by atoms with Crippen LogP contribution in [-0.4, -0.2) is 36.4 Å². The van der Waals surface area contributed by atoms with Crippen LogP contribution in [-0.2, 0) is 16.0 Å². The number of rotatable bonds is 8. The maximum Gasteiger partial charge on any atom is 0.407 e. The summed E-state index contributed by atoms with van der Waals surface area (Å²) in [6.07, 6.45) is 0.396. The molecule has 2 aromatic rings. The van der Waals surface area contributed by atoms with Gasteiger partial charge in [0.2, 0.25) is 0 Å². The fourth-order valence-electron chi connectivity index (χ4n) is 2.39. The van der Waals surface area contributed by atoms with Gasteiger partial charge in [0.15, 0.2) is 0 Å². The summed E-state index contributed by atoms with van der Waals surface area (Å²) >= 11 is 0. The average Bonchev–Trinajstić information content (AvgIpc) is 2.57. The lowest BCUT2D eigenvalue weighted by Gasteiger charge is -2.09. The van der Waals surface area contributed by atoms with Crippen molar-refractivity contribution in [1.82, 2.24) is 5.32 Å². The van der Waals surface area contributed by atoms with Gasteiger partial charge in [-0.25, -0.2) is 9.59 Å². The number of hydrogen-bond acceptors (Lipinski definition) is 7. The Bertz CT molecular complexity index is 848. The van der Waals surface area contributed by atoms with Gasteiger partial charge in [0.05, 0.1) is 6.61 Å². The number of fused-ring (bicyclic) bond motifs is 1. The van der Waals surface area contributed by atoms with Crippen molar-refractivity contribution in [3.05, 3.63) is 40.2 Å². The lowest BCUT2D eigenvalue weighted by atomic mass is 10.1. The molecule has 0 spiro atoms. The zero-order chi connectivity index (χ0) is 19.1. The number of ether oxygens (including phenoxy) is 1. The van der Waals surface area contributed by atoms with Gasteiger partial charge in [-0.1, -0.05) is 0 Å².